The summed E-state index contributed by atoms with van der Waals surface area (Å²) in [5.74, 6) is -1.36. The van der Waals surface area contributed by atoms with Crippen LogP contribution in [0.4, 0.5) is 13.2 Å². The van der Waals surface area contributed by atoms with E-state index in [-0.39, 0.29) is 23.4 Å². The second kappa shape index (κ2) is 12.5. The van der Waals surface area contributed by atoms with Crippen molar-refractivity contribution in [3.05, 3.63) is 112 Å². The number of thiazole rings is 1. The lowest BCUT2D eigenvalue weighted by Gasteiger charge is -2.31. The number of hydrogen-bond donors (Lipinski definition) is 0. The van der Waals surface area contributed by atoms with Crippen LogP contribution in [0.2, 0.25) is 0 Å². The van der Waals surface area contributed by atoms with Gasteiger partial charge in [-0.3, -0.25) is 19.3 Å². The lowest BCUT2D eigenvalue weighted by atomic mass is 9.94. The molecule has 2 heterocycles. The molecule has 1 fully saturated rings. The van der Waals surface area contributed by atoms with Crippen molar-refractivity contribution in [3.8, 4) is 11.1 Å². The normalized spacial score (nSPS) is 14.8. The zero-order chi connectivity index (χ0) is 30.7. The molecule has 3 amide bonds. The Hall–Kier alpha value is -4.31. The molecule has 0 N–H and O–H groups in total. The van der Waals surface area contributed by atoms with E-state index in [4.69, 9.17) is 0 Å². The van der Waals surface area contributed by atoms with Gasteiger partial charge in [-0.1, -0.05) is 60.7 Å². The predicted molar refractivity (Wildman–Crippen MR) is 159 cm³/mol. The van der Waals surface area contributed by atoms with E-state index in [1.165, 1.54) is 30.5 Å². The second-order valence-electron chi connectivity index (χ2n) is 10.6. The highest BCUT2D eigenvalue weighted by atomic mass is 32.1. The summed E-state index contributed by atoms with van der Waals surface area (Å²) in [5, 5.41) is 2.46. The van der Waals surface area contributed by atoms with Crippen molar-refractivity contribution in [2.45, 2.75) is 37.8 Å². The molecule has 1 atom stereocenters. The Morgan fingerprint density at radius 1 is 0.930 bits per heavy atom. The fourth-order valence-corrected chi connectivity index (χ4v) is 6.25. The van der Waals surface area contributed by atoms with Crippen molar-refractivity contribution in [2.75, 3.05) is 20.1 Å². The van der Waals surface area contributed by atoms with Crippen LogP contribution in [0.1, 0.15) is 68.6 Å². The van der Waals surface area contributed by atoms with Crippen molar-refractivity contribution in [2.24, 2.45) is 0 Å². The van der Waals surface area contributed by atoms with E-state index in [0.29, 0.717) is 42.6 Å². The van der Waals surface area contributed by atoms with E-state index in [0.717, 1.165) is 27.6 Å². The van der Waals surface area contributed by atoms with Gasteiger partial charge in [0.05, 0.1) is 16.5 Å². The van der Waals surface area contributed by atoms with Gasteiger partial charge in [-0.15, -0.1) is 11.3 Å². The molecule has 1 saturated heterocycles. The topological polar surface area (TPSA) is 70.6 Å². The highest BCUT2D eigenvalue weighted by molar-refractivity contribution is 7.09. The van der Waals surface area contributed by atoms with Gasteiger partial charge in [0.1, 0.15) is 5.69 Å². The summed E-state index contributed by atoms with van der Waals surface area (Å²) in [4.78, 5) is 47.0. The van der Waals surface area contributed by atoms with Crippen LogP contribution in [0.25, 0.3) is 11.1 Å². The van der Waals surface area contributed by atoms with Crippen molar-refractivity contribution >= 4 is 29.1 Å². The smallest absolute Gasteiger partial charge is 0.339 e. The van der Waals surface area contributed by atoms with E-state index in [9.17, 15) is 27.6 Å². The summed E-state index contributed by atoms with van der Waals surface area (Å²) in [6, 6.07) is 21.0. The molecule has 0 spiro atoms. The SMILES string of the molecule is C[C@H](C(=O)N(C)C(=O)c1csc(C2CCN(C(=O)c3ccccc3-c3ccc(C(F)(F)F)cc3)CC2)n1)c1ccccc1. The quantitative estimate of drug-likeness (QED) is 0.232. The number of carbonyl (C=O) groups is 3. The number of halogens is 3. The number of hydrogen-bond acceptors (Lipinski definition) is 5. The van der Waals surface area contributed by atoms with Crippen LogP contribution in [-0.4, -0.2) is 52.6 Å². The van der Waals surface area contributed by atoms with Gasteiger partial charge in [-0.2, -0.15) is 13.2 Å². The Morgan fingerprint density at radius 3 is 2.21 bits per heavy atom. The number of aromatic nitrogens is 1. The first-order valence-corrected chi connectivity index (χ1v) is 14.8. The summed E-state index contributed by atoms with van der Waals surface area (Å²) in [5.41, 5.74) is 1.85. The highest BCUT2D eigenvalue weighted by Crippen LogP contribution is 2.34. The van der Waals surface area contributed by atoms with E-state index in [1.807, 2.05) is 30.3 Å². The van der Waals surface area contributed by atoms with Crippen molar-refractivity contribution < 1.29 is 27.6 Å². The molecular formula is C33H30F3N3O3S. The molecular weight excluding hydrogens is 575 g/mol. The van der Waals surface area contributed by atoms with Crippen molar-refractivity contribution in [1.29, 1.82) is 0 Å². The molecule has 43 heavy (non-hydrogen) atoms. The number of piperidine rings is 1. The standard InChI is InChI=1S/C33H30F3N3O3S/c1-21(22-8-4-3-5-9-22)30(40)38(2)32(42)28-20-43-29(37-28)24-16-18-39(19-17-24)31(41)27-11-7-6-10-26(27)23-12-14-25(15-13-23)33(34,35)36/h3-15,20-21,24H,16-19H2,1-2H3/t21-/m0/s1. The largest absolute Gasteiger partial charge is 0.416 e. The summed E-state index contributed by atoms with van der Waals surface area (Å²) in [6.07, 6.45) is -3.14. The molecule has 1 aromatic heterocycles. The first-order chi connectivity index (χ1) is 20.5. The van der Waals surface area contributed by atoms with E-state index in [2.05, 4.69) is 4.98 Å². The minimum absolute atomic E-state index is 0.0602. The van der Waals surface area contributed by atoms with E-state index >= 15 is 0 Å². The summed E-state index contributed by atoms with van der Waals surface area (Å²) in [7, 11) is 1.47. The number of alkyl halides is 3. The molecule has 0 radical (unpaired) electrons. The van der Waals surface area contributed by atoms with Crippen molar-refractivity contribution in [1.82, 2.24) is 14.8 Å². The van der Waals surface area contributed by atoms with Crippen LogP contribution in [0, 0.1) is 0 Å². The summed E-state index contributed by atoms with van der Waals surface area (Å²) < 4.78 is 39.1. The van der Waals surface area contributed by atoms with Gasteiger partial charge in [-0.05, 0) is 54.7 Å². The Bertz CT molecular complexity index is 1610. The number of imide groups is 1. The van der Waals surface area contributed by atoms with Crippen LogP contribution in [0.5, 0.6) is 0 Å². The monoisotopic (exact) mass is 605 g/mol. The number of carbonyl (C=O) groups excluding carboxylic acids is 3. The Balaban J connectivity index is 1.22. The van der Waals surface area contributed by atoms with Gasteiger partial charge in [-0.25, -0.2) is 4.98 Å². The first-order valence-electron chi connectivity index (χ1n) is 13.9. The number of nitrogens with zero attached hydrogens (tertiary/aromatic N) is 3. The molecule has 5 rings (SSSR count). The van der Waals surface area contributed by atoms with Crippen LogP contribution in [0.3, 0.4) is 0 Å². The Morgan fingerprint density at radius 2 is 1.56 bits per heavy atom. The number of likely N-dealkylation sites (N-methyl/N-ethyl adjacent to an activating group) is 1. The number of benzene rings is 3. The lowest BCUT2D eigenvalue weighted by molar-refractivity contribution is -0.137. The zero-order valence-electron chi connectivity index (χ0n) is 23.7. The average Bonchev–Trinajstić information content (AvgIpc) is 3.53. The van der Waals surface area contributed by atoms with Crippen LogP contribution < -0.4 is 0 Å². The van der Waals surface area contributed by atoms with E-state index < -0.39 is 23.6 Å². The lowest BCUT2D eigenvalue weighted by Crippen LogP contribution is -2.38. The number of rotatable bonds is 6. The first kappa shape index (κ1) is 30.2. The minimum atomic E-state index is -4.43. The average molecular weight is 606 g/mol. The molecule has 4 aromatic rings. The van der Waals surface area contributed by atoms with Crippen LogP contribution in [0.15, 0.2) is 84.2 Å². The third kappa shape index (κ3) is 6.54. The van der Waals surface area contributed by atoms with Crippen molar-refractivity contribution in [3.63, 3.8) is 0 Å². The van der Waals surface area contributed by atoms with Gasteiger partial charge in [0, 0.05) is 37.0 Å². The molecule has 0 aliphatic carbocycles. The molecule has 6 nitrogen and oxygen atoms in total. The third-order valence-corrected chi connectivity index (χ3v) is 8.87. The minimum Gasteiger partial charge on any atom is -0.339 e. The molecule has 0 unspecified atom stereocenters. The highest BCUT2D eigenvalue weighted by Gasteiger charge is 2.32. The Labute approximate surface area is 251 Å². The number of likely N-dealkylation sites (tertiary alicyclic amines) is 1. The van der Waals surface area contributed by atoms with Gasteiger partial charge in [0.2, 0.25) is 5.91 Å². The maximum atomic E-state index is 13.5. The molecule has 0 bridgehead atoms. The van der Waals surface area contributed by atoms with Crippen LogP contribution >= 0.6 is 11.3 Å². The fraction of sp³-hybridized carbons (Fsp3) is 0.273. The van der Waals surface area contributed by atoms with Gasteiger partial charge in [0.15, 0.2) is 0 Å². The Kier molecular flexibility index (Phi) is 8.77. The molecule has 1 aliphatic heterocycles. The van der Waals surface area contributed by atoms with Gasteiger partial charge >= 0.3 is 6.18 Å². The summed E-state index contributed by atoms with van der Waals surface area (Å²) in [6.45, 7) is 2.71. The molecule has 3 aromatic carbocycles. The van der Waals surface area contributed by atoms with E-state index in [1.54, 1.807) is 41.5 Å². The molecule has 222 valence electrons. The second-order valence-corrected chi connectivity index (χ2v) is 11.5. The maximum absolute atomic E-state index is 13.5. The summed E-state index contributed by atoms with van der Waals surface area (Å²) >= 11 is 1.37. The predicted octanol–water partition coefficient (Wildman–Crippen LogP) is 7.25. The third-order valence-electron chi connectivity index (χ3n) is 7.86. The molecule has 1 aliphatic rings. The molecule has 10 heteroatoms. The molecule has 0 saturated carbocycles. The van der Waals surface area contributed by atoms with Gasteiger partial charge < -0.3 is 4.90 Å². The maximum Gasteiger partial charge on any atom is 0.416 e. The van der Waals surface area contributed by atoms with Gasteiger partial charge in [0.25, 0.3) is 11.8 Å². The fourth-order valence-electron chi connectivity index (χ4n) is 5.28. The number of amides is 3. The van der Waals surface area contributed by atoms with Crippen LogP contribution in [-0.2, 0) is 11.0 Å². The zero-order valence-corrected chi connectivity index (χ0v) is 24.5.